The van der Waals surface area contributed by atoms with Crippen LogP contribution in [0.15, 0.2) is 24.3 Å². The summed E-state index contributed by atoms with van der Waals surface area (Å²) in [6.45, 7) is 0.932. The van der Waals surface area contributed by atoms with Crippen LogP contribution in [0.25, 0.3) is 0 Å². The van der Waals surface area contributed by atoms with Gasteiger partial charge in [0.1, 0.15) is 11.7 Å². The van der Waals surface area contributed by atoms with Crippen LogP contribution in [0.5, 0.6) is 0 Å². The number of carboxylic acid groups (broad SMARTS) is 2. The molecule has 3 atom stereocenters. The Kier molecular flexibility index (Phi) is 5.58. The van der Waals surface area contributed by atoms with Crippen LogP contribution in [0.1, 0.15) is 18.4 Å². The summed E-state index contributed by atoms with van der Waals surface area (Å²) < 4.78 is 0. The molecule has 0 aliphatic rings. The lowest BCUT2D eigenvalue weighted by Crippen LogP contribution is -2.43. The second kappa shape index (κ2) is 6.99. The van der Waals surface area contributed by atoms with Crippen LogP contribution in [-0.4, -0.2) is 38.9 Å². The van der Waals surface area contributed by atoms with E-state index in [4.69, 9.17) is 16.7 Å². The normalized spacial score (nSPS) is 14.6. The predicted octanol–water partition coefficient (Wildman–Crippen LogP) is 1.44. The summed E-state index contributed by atoms with van der Waals surface area (Å²) >= 11 is 5.91. The van der Waals surface area contributed by atoms with Gasteiger partial charge in [0.2, 0.25) is 0 Å². The Morgan fingerprint density at radius 2 is 1.73 bits per heavy atom. The second-order valence-electron chi connectivity index (χ2n) is 4.54. The molecule has 1 aromatic carbocycles. The van der Waals surface area contributed by atoms with E-state index >= 15 is 0 Å². The summed E-state index contributed by atoms with van der Waals surface area (Å²) in [5, 5.41) is 29.3. The van der Waals surface area contributed by atoms with Crippen LogP contribution in [0, 0.1) is 16.0 Å². The maximum Gasteiger partial charge on any atom is 0.379 e. The average Bonchev–Trinajstić information content (AvgIpc) is 2.36. The number of carbonyl (C=O) groups is 3. The summed E-state index contributed by atoms with van der Waals surface area (Å²) in [4.78, 5) is 44.2. The van der Waals surface area contributed by atoms with Gasteiger partial charge in [-0.3, -0.25) is 19.7 Å². The molecule has 0 aliphatic heterocycles. The topological polar surface area (TPSA) is 135 Å². The van der Waals surface area contributed by atoms with Gasteiger partial charge in [0.05, 0.1) is 5.92 Å². The molecule has 0 saturated heterocycles. The Hall–Kier alpha value is -2.48. The summed E-state index contributed by atoms with van der Waals surface area (Å²) in [7, 11) is 0. The highest BCUT2D eigenvalue weighted by atomic mass is 35.5. The Morgan fingerprint density at radius 3 is 2.09 bits per heavy atom. The predicted molar refractivity (Wildman–Crippen MR) is 74.4 cm³/mol. The molecule has 1 aromatic rings. The fourth-order valence-electron chi connectivity index (χ4n) is 2.23. The molecule has 0 aliphatic carbocycles. The molecule has 22 heavy (non-hydrogen) atoms. The lowest BCUT2D eigenvalue weighted by molar-refractivity contribution is -0.515. The van der Waals surface area contributed by atoms with Gasteiger partial charge in [-0.1, -0.05) is 29.8 Å². The Labute approximate surface area is 129 Å². The van der Waals surface area contributed by atoms with Crippen molar-refractivity contribution in [2.75, 3.05) is 0 Å². The zero-order chi connectivity index (χ0) is 17.0. The monoisotopic (exact) mass is 329 g/mol. The van der Waals surface area contributed by atoms with E-state index in [-0.39, 0.29) is 10.6 Å². The molecule has 0 bridgehead atoms. The van der Waals surface area contributed by atoms with Crippen LogP contribution in [0.4, 0.5) is 0 Å². The molecule has 2 N–H and O–H groups in total. The summed E-state index contributed by atoms with van der Waals surface area (Å²) in [5.41, 5.74) is -0.0733. The fourth-order valence-corrected chi connectivity index (χ4v) is 2.49. The molecule has 1 rings (SSSR count). The molecule has 0 radical (unpaired) electrons. The molecule has 0 saturated carbocycles. The van der Waals surface area contributed by atoms with E-state index in [9.17, 15) is 29.6 Å². The van der Waals surface area contributed by atoms with Gasteiger partial charge in [-0.05, 0) is 18.6 Å². The van der Waals surface area contributed by atoms with E-state index in [1.165, 1.54) is 24.3 Å². The minimum Gasteiger partial charge on any atom is -0.481 e. The number of aliphatic carboxylic acids is 2. The SMILES string of the molecule is CC(=O)C(C(=O)O)C(c1ccccc1Cl)C(C(=O)O)[N+](=O)[O-]. The van der Waals surface area contributed by atoms with Gasteiger partial charge in [0, 0.05) is 9.95 Å². The first-order valence-corrected chi connectivity index (χ1v) is 6.40. The van der Waals surface area contributed by atoms with E-state index in [2.05, 4.69) is 0 Å². The van der Waals surface area contributed by atoms with Gasteiger partial charge in [0.25, 0.3) is 0 Å². The molecule has 8 nitrogen and oxygen atoms in total. The molecular weight excluding hydrogens is 318 g/mol. The first-order valence-electron chi connectivity index (χ1n) is 6.02. The summed E-state index contributed by atoms with van der Waals surface area (Å²) in [5.74, 6) is -8.01. The maximum atomic E-state index is 11.6. The van der Waals surface area contributed by atoms with Crippen molar-refractivity contribution in [2.24, 2.45) is 5.92 Å². The lowest BCUT2D eigenvalue weighted by atomic mass is 9.78. The van der Waals surface area contributed by atoms with E-state index < -0.39 is 40.5 Å². The molecule has 0 amide bonds. The Balaban J connectivity index is 3.60. The van der Waals surface area contributed by atoms with E-state index in [1.807, 2.05) is 0 Å². The van der Waals surface area contributed by atoms with Crippen LogP contribution < -0.4 is 0 Å². The number of halogens is 1. The summed E-state index contributed by atoms with van der Waals surface area (Å²) in [6.07, 6.45) is 0. The molecule has 9 heteroatoms. The molecule has 0 heterocycles. The minimum absolute atomic E-state index is 0.0481. The van der Waals surface area contributed by atoms with Crippen LogP contribution >= 0.6 is 11.6 Å². The largest absolute Gasteiger partial charge is 0.481 e. The number of nitro groups is 1. The van der Waals surface area contributed by atoms with Gasteiger partial charge in [0.15, 0.2) is 0 Å². The third kappa shape index (κ3) is 3.59. The van der Waals surface area contributed by atoms with Gasteiger partial charge >= 0.3 is 18.0 Å². The highest BCUT2D eigenvalue weighted by molar-refractivity contribution is 6.31. The Morgan fingerprint density at radius 1 is 1.18 bits per heavy atom. The van der Waals surface area contributed by atoms with Crippen LogP contribution in [0.2, 0.25) is 5.02 Å². The number of carbonyl (C=O) groups excluding carboxylic acids is 1. The summed E-state index contributed by atoms with van der Waals surface area (Å²) in [6, 6.07) is 3.21. The average molecular weight is 330 g/mol. The highest BCUT2D eigenvalue weighted by Gasteiger charge is 2.49. The zero-order valence-electron chi connectivity index (χ0n) is 11.3. The highest BCUT2D eigenvalue weighted by Crippen LogP contribution is 2.35. The van der Waals surface area contributed by atoms with Crippen molar-refractivity contribution in [1.29, 1.82) is 0 Å². The van der Waals surface area contributed by atoms with Crippen molar-refractivity contribution < 1.29 is 29.5 Å². The third-order valence-electron chi connectivity index (χ3n) is 3.15. The van der Waals surface area contributed by atoms with Gasteiger partial charge < -0.3 is 10.2 Å². The number of rotatable bonds is 7. The van der Waals surface area contributed by atoms with Crippen LogP contribution in [-0.2, 0) is 14.4 Å². The molecular formula is C13H12ClNO7. The van der Waals surface area contributed by atoms with E-state index in [0.29, 0.717) is 0 Å². The first-order chi connectivity index (χ1) is 10.2. The minimum atomic E-state index is -2.31. The van der Waals surface area contributed by atoms with Crippen molar-refractivity contribution in [3.8, 4) is 0 Å². The molecule has 0 fully saturated rings. The van der Waals surface area contributed by atoms with Gasteiger partial charge in [-0.15, -0.1) is 0 Å². The van der Waals surface area contributed by atoms with Gasteiger partial charge in [-0.2, -0.15) is 0 Å². The number of Topliss-reactive ketones (excluding diaryl/α,β-unsaturated/α-hetero) is 1. The fraction of sp³-hybridized carbons (Fsp3) is 0.308. The third-order valence-corrected chi connectivity index (χ3v) is 3.49. The van der Waals surface area contributed by atoms with Crippen molar-refractivity contribution in [2.45, 2.75) is 18.9 Å². The van der Waals surface area contributed by atoms with Crippen molar-refractivity contribution in [1.82, 2.24) is 0 Å². The number of ketones is 1. The number of hydrogen-bond donors (Lipinski definition) is 2. The molecule has 118 valence electrons. The van der Waals surface area contributed by atoms with E-state index in [0.717, 1.165) is 6.92 Å². The van der Waals surface area contributed by atoms with Crippen LogP contribution in [0.3, 0.4) is 0 Å². The standard InChI is InChI=1S/C13H12ClNO7/c1-6(16)9(12(17)18)10(11(13(19)20)15(21)22)7-4-2-3-5-8(7)14/h2-5,9-11H,1H3,(H,17,18)(H,19,20). The first kappa shape index (κ1) is 17.6. The number of hydrogen-bond acceptors (Lipinski definition) is 5. The Bertz CT molecular complexity index is 571. The molecule has 0 spiro atoms. The number of benzene rings is 1. The quantitative estimate of drug-likeness (QED) is 0.439. The zero-order valence-corrected chi connectivity index (χ0v) is 12.1. The lowest BCUT2D eigenvalue weighted by Gasteiger charge is -2.24. The molecule has 0 aromatic heterocycles. The smallest absolute Gasteiger partial charge is 0.379 e. The number of carboxylic acids is 2. The van der Waals surface area contributed by atoms with Crippen molar-refractivity contribution >= 4 is 29.3 Å². The van der Waals surface area contributed by atoms with Crippen molar-refractivity contribution in [3.05, 3.63) is 45.0 Å². The molecule has 3 unspecified atom stereocenters. The van der Waals surface area contributed by atoms with Crippen molar-refractivity contribution in [3.63, 3.8) is 0 Å². The number of nitrogens with zero attached hydrogens (tertiary/aromatic N) is 1. The maximum absolute atomic E-state index is 11.6. The van der Waals surface area contributed by atoms with Gasteiger partial charge in [-0.25, -0.2) is 4.79 Å². The van der Waals surface area contributed by atoms with E-state index in [1.54, 1.807) is 0 Å². The second-order valence-corrected chi connectivity index (χ2v) is 4.95.